The van der Waals surface area contributed by atoms with Gasteiger partial charge >= 0.3 is 0 Å². The highest BCUT2D eigenvalue weighted by Crippen LogP contribution is 2.33. The first-order chi connectivity index (χ1) is 5.66. The van der Waals surface area contributed by atoms with Gasteiger partial charge in [0.15, 0.2) is 0 Å². The smallest absolute Gasteiger partial charge is 0.211 e. The van der Waals surface area contributed by atoms with Gasteiger partial charge in [0.2, 0.25) is 6.41 Å². The van der Waals surface area contributed by atoms with Gasteiger partial charge in [-0.1, -0.05) is 17.7 Å². The van der Waals surface area contributed by atoms with Crippen LogP contribution < -0.4 is 5.32 Å². The van der Waals surface area contributed by atoms with Crippen LogP contribution in [-0.4, -0.2) is 11.5 Å². The lowest BCUT2D eigenvalue weighted by molar-refractivity contribution is -0.105. The molecule has 1 rings (SSSR count). The van der Waals surface area contributed by atoms with Crippen LogP contribution in [-0.2, 0) is 4.79 Å². The second-order valence-corrected chi connectivity index (χ2v) is 2.73. The van der Waals surface area contributed by atoms with E-state index in [0.29, 0.717) is 17.7 Å². The minimum Gasteiger partial charge on any atom is -0.506 e. The number of hydrogen-bond acceptors (Lipinski definition) is 2. The van der Waals surface area contributed by atoms with E-state index < -0.39 is 0 Å². The van der Waals surface area contributed by atoms with Gasteiger partial charge in [-0.05, 0) is 18.6 Å². The summed E-state index contributed by atoms with van der Waals surface area (Å²) >= 11 is 5.71. The van der Waals surface area contributed by atoms with Gasteiger partial charge in [0.05, 0.1) is 5.69 Å². The van der Waals surface area contributed by atoms with Gasteiger partial charge in [-0.15, -0.1) is 0 Å². The summed E-state index contributed by atoms with van der Waals surface area (Å²) in [5.74, 6) is 0.00326. The maximum absolute atomic E-state index is 10.1. The van der Waals surface area contributed by atoms with Gasteiger partial charge < -0.3 is 10.4 Å². The van der Waals surface area contributed by atoms with Crippen molar-refractivity contribution in [2.45, 2.75) is 6.92 Å². The molecule has 0 aliphatic carbocycles. The molecule has 12 heavy (non-hydrogen) atoms. The van der Waals surface area contributed by atoms with Crippen LogP contribution in [0.4, 0.5) is 5.69 Å². The lowest BCUT2D eigenvalue weighted by Crippen LogP contribution is -1.94. The van der Waals surface area contributed by atoms with E-state index >= 15 is 0 Å². The average Bonchev–Trinajstić information content (AvgIpc) is 2.07. The molecule has 0 radical (unpaired) electrons. The summed E-state index contributed by atoms with van der Waals surface area (Å²) < 4.78 is 0. The van der Waals surface area contributed by atoms with E-state index in [1.807, 2.05) is 0 Å². The number of aryl methyl sites for hydroxylation is 1. The molecule has 2 N–H and O–H groups in total. The highest BCUT2D eigenvalue weighted by atomic mass is 35.5. The number of carbonyl (C=O) groups is 1. The van der Waals surface area contributed by atoms with E-state index in [-0.39, 0.29) is 10.8 Å². The molecule has 1 amide bonds. The summed E-state index contributed by atoms with van der Waals surface area (Å²) in [6, 6.07) is 3.30. The van der Waals surface area contributed by atoms with Crippen LogP contribution in [0.3, 0.4) is 0 Å². The van der Waals surface area contributed by atoms with Gasteiger partial charge in [0, 0.05) is 0 Å². The Labute approximate surface area is 75.0 Å². The summed E-state index contributed by atoms with van der Waals surface area (Å²) in [6.45, 7) is 1.73. The minimum atomic E-state index is 0.00326. The van der Waals surface area contributed by atoms with Crippen molar-refractivity contribution in [3.05, 3.63) is 22.7 Å². The number of phenols is 1. The molecule has 0 saturated carbocycles. The lowest BCUT2D eigenvalue weighted by atomic mass is 10.2. The molecule has 0 heterocycles. The van der Waals surface area contributed by atoms with E-state index in [4.69, 9.17) is 11.6 Å². The Kier molecular flexibility index (Phi) is 2.55. The van der Waals surface area contributed by atoms with Gasteiger partial charge in [-0.2, -0.15) is 0 Å². The number of aromatic hydroxyl groups is 1. The Bertz CT molecular complexity index is 312. The molecule has 0 atom stereocenters. The molecule has 0 bridgehead atoms. The summed E-state index contributed by atoms with van der Waals surface area (Å²) in [4.78, 5) is 10.1. The summed E-state index contributed by atoms with van der Waals surface area (Å²) in [7, 11) is 0. The first kappa shape index (κ1) is 8.87. The van der Waals surface area contributed by atoms with Crippen molar-refractivity contribution in [1.29, 1.82) is 0 Å². The number of anilines is 1. The average molecular weight is 186 g/mol. The molecule has 0 fully saturated rings. The number of carbonyl (C=O) groups excluding carboxylic acids is 1. The third kappa shape index (κ3) is 1.51. The first-order valence-corrected chi connectivity index (χ1v) is 3.73. The van der Waals surface area contributed by atoms with Crippen molar-refractivity contribution < 1.29 is 9.90 Å². The molecule has 4 heteroatoms. The van der Waals surface area contributed by atoms with Crippen molar-refractivity contribution in [3.63, 3.8) is 0 Å². The molecule has 0 aliphatic heterocycles. The van der Waals surface area contributed by atoms with Crippen LogP contribution in [0, 0.1) is 6.92 Å². The fourth-order valence-corrected chi connectivity index (χ4v) is 1.10. The topological polar surface area (TPSA) is 49.3 Å². The second-order valence-electron chi connectivity index (χ2n) is 2.35. The quantitative estimate of drug-likeness (QED) is 0.692. The van der Waals surface area contributed by atoms with E-state index in [0.717, 1.165) is 0 Å². The standard InChI is InChI=1S/C8H8ClNO2/c1-5-2-3-6(10-4-11)7(9)8(5)12/h2-4,12H,1H3,(H,10,11). The SMILES string of the molecule is Cc1ccc(NC=O)c(Cl)c1O. The van der Waals surface area contributed by atoms with Gasteiger partial charge in [-0.25, -0.2) is 0 Å². The van der Waals surface area contributed by atoms with Crippen LogP contribution in [0.25, 0.3) is 0 Å². The fourth-order valence-electron chi connectivity index (χ4n) is 0.836. The minimum absolute atomic E-state index is 0.00326. The molecule has 0 aromatic heterocycles. The van der Waals surface area contributed by atoms with Crippen LogP contribution >= 0.6 is 11.6 Å². The Morgan fingerprint density at radius 1 is 1.58 bits per heavy atom. The summed E-state index contributed by atoms with van der Waals surface area (Å²) in [6.07, 6.45) is 0.510. The van der Waals surface area contributed by atoms with E-state index in [1.165, 1.54) is 0 Å². The van der Waals surface area contributed by atoms with E-state index in [2.05, 4.69) is 5.32 Å². The zero-order valence-corrected chi connectivity index (χ0v) is 7.22. The van der Waals surface area contributed by atoms with Crippen LogP contribution in [0.2, 0.25) is 5.02 Å². The number of halogens is 1. The first-order valence-electron chi connectivity index (χ1n) is 3.35. The highest BCUT2D eigenvalue weighted by Gasteiger charge is 2.06. The zero-order valence-electron chi connectivity index (χ0n) is 6.47. The maximum atomic E-state index is 10.1. The molecule has 1 aromatic carbocycles. The van der Waals surface area contributed by atoms with Gasteiger partial charge in [0.1, 0.15) is 10.8 Å². The van der Waals surface area contributed by atoms with E-state index in [9.17, 15) is 9.90 Å². The number of hydrogen-bond donors (Lipinski definition) is 2. The number of amides is 1. The number of nitrogens with one attached hydrogen (secondary N) is 1. The Balaban J connectivity index is 3.16. The third-order valence-electron chi connectivity index (χ3n) is 1.53. The molecular weight excluding hydrogens is 178 g/mol. The Morgan fingerprint density at radius 3 is 2.83 bits per heavy atom. The van der Waals surface area contributed by atoms with Crippen molar-refractivity contribution in [1.82, 2.24) is 0 Å². The Hall–Kier alpha value is -1.22. The predicted octanol–water partition coefficient (Wildman–Crippen LogP) is 1.92. The van der Waals surface area contributed by atoms with Gasteiger partial charge in [-0.3, -0.25) is 4.79 Å². The monoisotopic (exact) mass is 185 g/mol. The molecule has 3 nitrogen and oxygen atoms in total. The Morgan fingerprint density at radius 2 is 2.25 bits per heavy atom. The summed E-state index contributed by atoms with van der Waals surface area (Å²) in [5, 5.41) is 11.9. The predicted molar refractivity (Wildman–Crippen MR) is 47.5 cm³/mol. The van der Waals surface area contributed by atoms with Gasteiger partial charge in [0.25, 0.3) is 0 Å². The van der Waals surface area contributed by atoms with Crippen molar-refractivity contribution in [3.8, 4) is 5.75 Å². The van der Waals surface area contributed by atoms with Crippen LogP contribution in [0.1, 0.15) is 5.56 Å². The lowest BCUT2D eigenvalue weighted by Gasteiger charge is -2.05. The van der Waals surface area contributed by atoms with Crippen LogP contribution in [0.15, 0.2) is 12.1 Å². The largest absolute Gasteiger partial charge is 0.506 e. The fraction of sp³-hybridized carbons (Fsp3) is 0.125. The molecule has 1 aromatic rings. The molecule has 0 spiro atoms. The van der Waals surface area contributed by atoms with Crippen LogP contribution in [0.5, 0.6) is 5.75 Å². The molecule has 64 valence electrons. The summed E-state index contributed by atoms with van der Waals surface area (Å²) in [5.41, 5.74) is 1.09. The number of rotatable bonds is 2. The maximum Gasteiger partial charge on any atom is 0.211 e. The number of benzene rings is 1. The van der Waals surface area contributed by atoms with E-state index in [1.54, 1.807) is 19.1 Å². The molecule has 0 aliphatic rings. The normalized spacial score (nSPS) is 9.50. The molecular formula is C8H8ClNO2. The second kappa shape index (κ2) is 3.45. The number of phenolic OH excluding ortho intramolecular Hbond substituents is 1. The van der Waals surface area contributed by atoms with Crippen molar-refractivity contribution in [2.24, 2.45) is 0 Å². The van der Waals surface area contributed by atoms with Crippen molar-refractivity contribution in [2.75, 3.05) is 5.32 Å². The highest BCUT2D eigenvalue weighted by molar-refractivity contribution is 6.35. The zero-order chi connectivity index (χ0) is 9.14. The molecule has 0 saturated heterocycles. The molecule has 0 unspecified atom stereocenters. The third-order valence-corrected chi connectivity index (χ3v) is 1.91. The van der Waals surface area contributed by atoms with Crippen molar-refractivity contribution >= 4 is 23.7 Å².